The van der Waals surface area contributed by atoms with Crippen LogP contribution >= 0.6 is 0 Å². The molecule has 0 fully saturated rings. The zero-order valence-corrected chi connectivity index (χ0v) is 13.2. The zero-order chi connectivity index (χ0) is 18.3. The van der Waals surface area contributed by atoms with Crippen LogP contribution in [0.5, 0.6) is 17.2 Å². The third-order valence-corrected chi connectivity index (χ3v) is 2.94. The van der Waals surface area contributed by atoms with Crippen LogP contribution in [0.1, 0.15) is 12.0 Å². The van der Waals surface area contributed by atoms with E-state index in [-0.39, 0.29) is 12.8 Å². The summed E-state index contributed by atoms with van der Waals surface area (Å²) in [5, 5.41) is 0. The second-order valence-electron chi connectivity index (χ2n) is 4.53. The molecule has 0 saturated carbocycles. The lowest BCUT2D eigenvalue weighted by Gasteiger charge is -2.14. The monoisotopic (exact) mass is 350 g/mol. The van der Waals surface area contributed by atoms with E-state index in [0.29, 0.717) is 22.8 Å². The number of halogens is 3. The molecule has 0 atom stereocenters. The number of rotatable bonds is 6. The van der Waals surface area contributed by atoms with Gasteiger partial charge in [-0.25, -0.2) is 0 Å². The number of carbonyl (C=O) groups excluding carboxylic acids is 2. The highest BCUT2D eigenvalue weighted by Gasteiger charge is 2.38. The lowest BCUT2D eigenvalue weighted by Crippen LogP contribution is -2.47. The Morgan fingerprint density at radius 2 is 1.54 bits per heavy atom. The van der Waals surface area contributed by atoms with Gasteiger partial charge in [-0.2, -0.15) is 13.2 Å². The van der Waals surface area contributed by atoms with E-state index >= 15 is 0 Å². The standard InChI is InChI=1S/C14H17F3N2O5/c1-22-9-6-8(7-10(23-2)12(9)24-3)4-5-11(20)18-19-13(21)14(15,16)17/h6-7H,4-5H2,1-3H3,(H,18,20)(H,19,21). The molecule has 0 unspecified atom stereocenters. The van der Waals surface area contributed by atoms with Gasteiger partial charge in [0.1, 0.15) is 0 Å². The molecule has 0 aliphatic carbocycles. The summed E-state index contributed by atoms with van der Waals surface area (Å²) in [4.78, 5) is 22.1. The molecule has 24 heavy (non-hydrogen) atoms. The lowest BCUT2D eigenvalue weighted by atomic mass is 10.1. The van der Waals surface area contributed by atoms with Gasteiger partial charge in [-0.1, -0.05) is 0 Å². The van der Waals surface area contributed by atoms with E-state index in [1.165, 1.54) is 26.8 Å². The van der Waals surface area contributed by atoms with E-state index in [1.807, 2.05) is 0 Å². The van der Waals surface area contributed by atoms with Gasteiger partial charge < -0.3 is 14.2 Å². The number of amides is 2. The molecule has 10 heteroatoms. The van der Waals surface area contributed by atoms with E-state index in [4.69, 9.17) is 14.2 Å². The lowest BCUT2D eigenvalue weighted by molar-refractivity contribution is -0.175. The average molecular weight is 350 g/mol. The van der Waals surface area contributed by atoms with E-state index in [0.717, 1.165) is 0 Å². The van der Waals surface area contributed by atoms with Crippen LogP contribution in [0.2, 0.25) is 0 Å². The van der Waals surface area contributed by atoms with Crippen molar-refractivity contribution in [3.05, 3.63) is 17.7 Å². The summed E-state index contributed by atoms with van der Waals surface area (Å²) < 4.78 is 51.4. The minimum atomic E-state index is -5.07. The van der Waals surface area contributed by atoms with Crippen LogP contribution in [0, 0.1) is 0 Å². The maximum absolute atomic E-state index is 12.0. The minimum absolute atomic E-state index is 0.156. The number of nitrogens with one attached hydrogen (secondary N) is 2. The highest BCUT2D eigenvalue weighted by atomic mass is 19.4. The third-order valence-electron chi connectivity index (χ3n) is 2.94. The van der Waals surface area contributed by atoms with Crippen LogP contribution in [-0.2, 0) is 16.0 Å². The quantitative estimate of drug-likeness (QED) is 0.757. The zero-order valence-electron chi connectivity index (χ0n) is 13.2. The number of hydrazine groups is 1. The molecule has 1 aromatic rings. The SMILES string of the molecule is COc1cc(CCC(=O)NNC(=O)C(F)(F)F)cc(OC)c1OC. The topological polar surface area (TPSA) is 85.9 Å². The molecule has 2 amide bonds. The Bertz CT molecular complexity index is 580. The summed E-state index contributed by atoms with van der Waals surface area (Å²) in [5.74, 6) is -1.87. The van der Waals surface area contributed by atoms with E-state index < -0.39 is 18.0 Å². The second kappa shape index (κ2) is 8.27. The van der Waals surface area contributed by atoms with Gasteiger partial charge >= 0.3 is 12.1 Å². The number of hydrogen-bond acceptors (Lipinski definition) is 5. The highest BCUT2D eigenvalue weighted by molar-refractivity contribution is 5.85. The molecule has 0 heterocycles. The van der Waals surface area contributed by atoms with Crippen molar-refractivity contribution in [1.29, 1.82) is 0 Å². The van der Waals surface area contributed by atoms with Crippen molar-refractivity contribution >= 4 is 11.8 Å². The van der Waals surface area contributed by atoms with Gasteiger partial charge in [0.15, 0.2) is 11.5 Å². The molecule has 1 rings (SSSR count). The summed E-state index contributed by atoms with van der Waals surface area (Å²) >= 11 is 0. The van der Waals surface area contributed by atoms with Gasteiger partial charge in [-0.15, -0.1) is 0 Å². The Morgan fingerprint density at radius 1 is 1.00 bits per heavy atom. The molecule has 2 N–H and O–H groups in total. The average Bonchev–Trinajstić information content (AvgIpc) is 2.55. The first-order valence-electron chi connectivity index (χ1n) is 6.67. The molecule has 134 valence electrons. The van der Waals surface area contributed by atoms with Crippen molar-refractivity contribution in [2.24, 2.45) is 0 Å². The number of carbonyl (C=O) groups is 2. The summed E-state index contributed by atoms with van der Waals surface area (Å²) in [5.41, 5.74) is 3.62. The summed E-state index contributed by atoms with van der Waals surface area (Å²) in [7, 11) is 4.30. The number of hydrogen-bond donors (Lipinski definition) is 2. The number of aryl methyl sites for hydroxylation is 1. The first-order valence-corrected chi connectivity index (χ1v) is 6.67. The van der Waals surface area contributed by atoms with E-state index in [1.54, 1.807) is 17.6 Å². The molecule has 0 saturated heterocycles. The Morgan fingerprint density at radius 3 is 1.96 bits per heavy atom. The van der Waals surface area contributed by atoms with Crippen molar-refractivity contribution in [2.45, 2.75) is 19.0 Å². The van der Waals surface area contributed by atoms with Gasteiger partial charge in [0, 0.05) is 6.42 Å². The molecular weight excluding hydrogens is 333 g/mol. The predicted molar refractivity (Wildman–Crippen MR) is 76.8 cm³/mol. The molecule has 0 radical (unpaired) electrons. The fraction of sp³-hybridized carbons (Fsp3) is 0.429. The fourth-order valence-corrected chi connectivity index (χ4v) is 1.80. The van der Waals surface area contributed by atoms with Crippen molar-refractivity contribution in [3.8, 4) is 17.2 Å². The normalized spacial score (nSPS) is 10.8. The maximum Gasteiger partial charge on any atom is 0.472 e. The van der Waals surface area contributed by atoms with Crippen molar-refractivity contribution in [1.82, 2.24) is 10.9 Å². The van der Waals surface area contributed by atoms with Gasteiger partial charge in [-0.05, 0) is 24.1 Å². The predicted octanol–water partition coefficient (Wildman–Crippen LogP) is 1.35. The van der Waals surface area contributed by atoms with Gasteiger partial charge in [0.2, 0.25) is 11.7 Å². The van der Waals surface area contributed by atoms with Gasteiger partial charge in [0.25, 0.3) is 0 Å². The molecule has 0 aromatic heterocycles. The Hall–Kier alpha value is -2.65. The molecule has 0 aliphatic rings. The van der Waals surface area contributed by atoms with Gasteiger partial charge in [0.05, 0.1) is 21.3 Å². The molecule has 0 spiro atoms. The van der Waals surface area contributed by atoms with E-state index in [2.05, 4.69) is 0 Å². The number of ether oxygens (including phenoxy) is 3. The highest BCUT2D eigenvalue weighted by Crippen LogP contribution is 2.38. The van der Waals surface area contributed by atoms with Crippen LogP contribution in [0.4, 0.5) is 13.2 Å². The fourth-order valence-electron chi connectivity index (χ4n) is 1.80. The van der Waals surface area contributed by atoms with Crippen LogP contribution in [0.3, 0.4) is 0 Å². The van der Waals surface area contributed by atoms with Crippen LogP contribution in [-0.4, -0.2) is 39.3 Å². The van der Waals surface area contributed by atoms with Gasteiger partial charge in [-0.3, -0.25) is 20.4 Å². The third kappa shape index (κ3) is 5.21. The van der Waals surface area contributed by atoms with Crippen molar-refractivity contribution < 1.29 is 37.0 Å². The molecule has 7 nitrogen and oxygen atoms in total. The van der Waals surface area contributed by atoms with Crippen LogP contribution in [0.15, 0.2) is 12.1 Å². The molecule has 0 aliphatic heterocycles. The summed E-state index contributed by atoms with van der Waals surface area (Å²) in [6, 6.07) is 3.23. The number of benzene rings is 1. The smallest absolute Gasteiger partial charge is 0.472 e. The largest absolute Gasteiger partial charge is 0.493 e. The number of alkyl halides is 3. The second-order valence-corrected chi connectivity index (χ2v) is 4.53. The Labute approximate surface area is 136 Å². The summed E-state index contributed by atoms with van der Waals surface area (Å²) in [6.45, 7) is 0. The first kappa shape index (κ1) is 19.4. The molecular formula is C14H17F3N2O5. The summed E-state index contributed by atoms with van der Waals surface area (Å²) in [6.07, 6.45) is -5.04. The number of methoxy groups -OCH3 is 3. The van der Waals surface area contributed by atoms with E-state index in [9.17, 15) is 22.8 Å². The van der Waals surface area contributed by atoms with Crippen LogP contribution in [0.25, 0.3) is 0 Å². The first-order chi connectivity index (χ1) is 11.2. The minimum Gasteiger partial charge on any atom is -0.493 e. The Balaban J connectivity index is 2.67. The Kier molecular flexibility index (Phi) is 6.69. The van der Waals surface area contributed by atoms with Crippen molar-refractivity contribution in [2.75, 3.05) is 21.3 Å². The van der Waals surface area contributed by atoms with Crippen LogP contribution < -0.4 is 25.1 Å². The molecule has 0 bridgehead atoms. The molecule has 1 aromatic carbocycles. The van der Waals surface area contributed by atoms with Crippen molar-refractivity contribution in [3.63, 3.8) is 0 Å². The maximum atomic E-state index is 12.0.